The van der Waals surface area contributed by atoms with Gasteiger partial charge in [0.15, 0.2) is 0 Å². The average Bonchev–Trinajstić information content (AvgIpc) is 2.68. The molecule has 7 heteroatoms. The third-order valence-electron chi connectivity index (χ3n) is 5.74. The summed E-state index contributed by atoms with van der Waals surface area (Å²) in [6.07, 6.45) is 3.56. The number of carbonyl (C=O) groups excluding carboxylic acids is 1. The Kier molecular flexibility index (Phi) is 6.32. The Bertz CT molecular complexity index is 692. The molecule has 0 aromatic heterocycles. The molecule has 1 aliphatic carbocycles. The molecule has 0 spiro atoms. The average molecular weight is 381 g/mol. The molecule has 1 saturated carbocycles. The van der Waals surface area contributed by atoms with Gasteiger partial charge in [0.25, 0.3) is 0 Å². The van der Waals surface area contributed by atoms with Gasteiger partial charge in [-0.25, -0.2) is 13.1 Å². The number of carbonyl (C=O) groups is 1. The number of rotatable bonds is 5. The first-order valence-corrected chi connectivity index (χ1v) is 11.1. The standard InChI is InChI=1S/C19H29N3O3S/c1-21-11-13-22(14-12-21)19(23)17-9-7-16(8-10-17)15-20-26(24,25)18-5-3-2-4-6-18/h2-6,16-17,20H,7-15H2,1H3/p+1. The van der Waals surface area contributed by atoms with Crippen molar-refractivity contribution in [2.24, 2.45) is 11.8 Å². The lowest BCUT2D eigenvalue weighted by Crippen LogP contribution is -3.12. The molecular formula is C19H30N3O3S+. The quantitative estimate of drug-likeness (QED) is 0.763. The summed E-state index contributed by atoms with van der Waals surface area (Å²) in [7, 11) is -1.27. The molecule has 1 aromatic carbocycles. The van der Waals surface area contributed by atoms with E-state index in [-0.39, 0.29) is 5.92 Å². The minimum atomic E-state index is -3.44. The largest absolute Gasteiger partial charge is 0.334 e. The maximum Gasteiger partial charge on any atom is 0.240 e. The summed E-state index contributed by atoms with van der Waals surface area (Å²) in [6.45, 7) is 4.24. The van der Waals surface area contributed by atoms with Gasteiger partial charge in [0.2, 0.25) is 15.9 Å². The molecule has 1 aromatic rings. The second-order valence-electron chi connectivity index (χ2n) is 7.66. The van der Waals surface area contributed by atoms with Gasteiger partial charge in [0, 0.05) is 12.5 Å². The van der Waals surface area contributed by atoms with Crippen LogP contribution in [0.15, 0.2) is 35.2 Å². The van der Waals surface area contributed by atoms with E-state index in [1.165, 1.54) is 4.90 Å². The Morgan fingerprint density at radius 1 is 1.12 bits per heavy atom. The van der Waals surface area contributed by atoms with Crippen LogP contribution in [0, 0.1) is 11.8 Å². The van der Waals surface area contributed by atoms with Crippen molar-refractivity contribution in [2.75, 3.05) is 39.8 Å². The second kappa shape index (κ2) is 8.50. The Balaban J connectivity index is 1.45. The van der Waals surface area contributed by atoms with E-state index < -0.39 is 10.0 Å². The number of hydrogen-bond donors (Lipinski definition) is 2. The molecule has 3 rings (SSSR count). The number of amides is 1. The van der Waals surface area contributed by atoms with Crippen LogP contribution in [0.4, 0.5) is 0 Å². The summed E-state index contributed by atoms with van der Waals surface area (Å²) >= 11 is 0. The summed E-state index contributed by atoms with van der Waals surface area (Å²) in [5.74, 6) is 0.741. The van der Waals surface area contributed by atoms with Gasteiger partial charge in [-0.2, -0.15) is 0 Å². The Morgan fingerprint density at radius 3 is 2.35 bits per heavy atom. The molecule has 2 fully saturated rings. The predicted molar refractivity (Wildman–Crippen MR) is 100 cm³/mol. The monoisotopic (exact) mass is 380 g/mol. The van der Waals surface area contributed by atoms with Crippen molar-refractivity contribution in [2.45, 2.75) is 30.6 Å². The highest BCUT2D eigenvalue weighted by Gasteiger charge is 2.31. The van der Waals surface area contributed by atoms with E-state index in [9.17, 15) is 13.2 Å². The lowest BCUT2D eigenvalue weighted by Gasteiger charge is -2.35. The molecule has 1 heterocycles. The zero-order chi connectivity index (χ0) is 18.6. The maximum atomic E-state index is 12.7. The molecule has 0 radical (unpaired) electrons. The van der Waals surface area contributed by atoms with Crippen molar-refractivity contribution in [1.29, 1.82) is 0 Å². The van der Waals surface area contributed by atoms with Crippen molar-refractivity contribution >= 4 is 15.9 Å². The summed E-state index contributed by atoms with van der Waals surface area (Å²) in [5.41, 5.74) is 0. The number of benzene rings is 1. The van der Waals surface area contributed by atoms with Crippen LogP contribution in [-0.4, -0.2) is 59.0 Å². The third kappa shape index (κ3) is 4.84. The zero-order valence-electron chi connectivity index (χ0n) is 15.5. The molecule has 1 saturated heterocycles. The van der Waals surface area contributed by atoms with E-state index >= 15 is 0 Å². The van der Waals surface area contributed by atoms with Gasteiger partial charge in [0.05, 0.1) is 38.1 Å². The summed E-state index contributed by atoms with van der Waals surface area (Å²) in [5, 5.41) is 0. The molecular weight excluding hydrogens is 350 g/mol. The van der Waals surface area contributed by atoms with Crippen LogP contribution in [0.25, 0.3) is 0 Å². The number of likely N-dealkylation sites (N-methyl/N-ethyl adjacent to an activating group) is 1. The number of piperazine rings is 1. The van der Waals surface area contributed by atoms with Gasteiger partial charge in [-0.15, -0.1) is 0 Å². The highest BCUT2D eigenvalue weighted by atomic mass is 32.2. The molecule has 144 valence electrons. The summed E-state index contributed by atoms with van der Waals surface area (Å²) in [4.78, 5) is 16.5. The first-order valence-electron chi connectivity index (χ1n) is 9.60. The Morgan fingerprint density at radius 2 is 1.73 bits per heavy atom. The highest BCUT2D eigenvalue weighted by molar-refractivity contribution is 7.89. The van der Waals surface area contributed by atoms with Crippen molar-refractivity contribution in [3.8, 4) is 0 Å². The molecule has 1 amide bonds. The van der Waals surface area contributed by atoms with Gasteiger partial charge < -0.3 is 9.80 Å². The Labute approximate surface area is 156 Å². The van der Waals surface area contributed by atoms with Crippen molar-refractivity contribution in [3.63, 3.8) is 0 Å². The first-order chi connectivity index (χ1) is 12.5. The number of nitrogens with zero attached hydrogens (tertiary/aromatic N) is 1. The van der Waals surface area contributed by atoms with Crippen LogP contribution in [0.2, 0.25) is 0 Å². The first kappa shape index (κ1) is 19.3. The van der Waals surface area contributed by atoms with Crippen molar-refractivity contribution in [3.05, 3.63) is 30.3 Å². The number of hydrogen-bond acceptors (Lipinski definition) is 3. The molecule has 2 aliphatic rings. The molecule has 1 aliphatic heterocycles. The fourth-order valence-electron chi connectivity index (χ4n) is 3.89. The van der Waals surface area contributed by atoms with E-state index in [0.29, 0.717) is 23.3 Å². The fourth-order valence-corrected chi connectivity index (χ4v) is 5.03. The van der Waals surface area contributed by atoms with Crippen LogP contribution in [0.5, 0.6) is 0 Å². The molecule has 0 bridgehead atoms. The van der Waals surface area contributed by atoms with Gasteiger partial charge in [-0.05, 0) is 43.7 Å². The lowest BCUT2D eigenvalue weighted by atomic mass is 9.81. The smallest absolute Gasteiger partial charge is 0.240 e. The van der Waals surface area contributed by atoms with Gasteiger partial charge in [0.1, 0.15) is 0 Å². The van der Waals surface area contributed by atoms with Gasteiger partial charge >= 0.3 is 0 Å². The van der Waals surface area contributed by atoms with Gasteiger partial charge in [-0.3, -0.25) is 4.79 Å². The maximum absolute atomic E-state index is 12.7. The molecule has 2 N–H and O–H groups in total. The van der Waals surface area contributed by atoms with Crippen LogP contribution < -0.4 is 9.62 Å². The fraction of sp³-hybridized carbons (Fsp3) is 0.632. The summed E-state index contributed by atoms with van der Waals surface area (Å²) in [6, 6.07) is 8.47. The van der Waals surface area contributed by atoms with E-state index in [2.05, 4.69) is 11.8 Å². The Hall–Kier alpha value is -1.44. The van der Waals surface area contributed by atoms with E-state index in [0.717, 1.165) is 51.9 Å². The van der Waals surface area contributed by atoms with Crippen LogP contribution in [0.3, 0.4) is 0 Å². The predicted octanol–water partition coefficient (Wildman–Crippen LogP) is 0.128. The van der Waals surface area contributed by atoms with E-state index in [1.54, 1.807) is 30.3 Å². The van der Waals surface area contributed by atoms with Crippen LogP contribution in [0.1, 0.15) is 25.7 Å². The van der Waals surface area contributed by atoms with Gasteiger partial charge in [-0.1, -0.05) is 18.2 Å². The normalized spacial score (nSPS) is 25.2. The topological polar surface area (TPSA) is 70.9 Å². The minimum absolute atomic E-state index is 0.121. The SMILES string of the molecule is C[NH+]1CCN(C(=O)C2CCC(CNS(=O)(=O)c3ccccc3)CC2)CC1. The third-order valence-corrected chi connectivity index (χ3v) is 7.18. The minimum Gasteiger partial charge on any atom is -0.334 e. The molecule has 0 unspecified atom stereocenters. The lowest BCUT2D eigenvalue weighted by molar-refractivity contribution is -0.883. The summed E-state index contributed by atoms with van der Waals surface area (Å²) < 4.78 is 27.3. The second-order valence-corrected chi connectivity index (χ2v) is 9.43. The van der Waals surface area contributed by atoms with E-state index in [1.807, 2.05) is 4.90 Å². The molecule has 6 nitrogen and oxygen atoms in total. The zero-order valence-corrected chi connectivity index (χ0v) is 16.3. The van der Waals surface area contributed by atoms with E-state index in [4.69, 9.17) is 0 Å². The highest BCUT2D eigenvalue weighted by Crippen LogP contribution is 2.30. The van der Waals surface area contributed by atoms with Crippen molar-refractivity contribution in [1.82, 2.24) is 9.62 Å². The molecule has 26 heavy (non-hydrogen) atoms. The van der Waals surface area contributed by atoms with Crippen LogP contribution >= 0.6 is 0 Å². The molecule has 0 atom stereocenters. The number of nitrogens with one attached hydrogen (secondary N) is 2. The number of sulfonamides is 1. The van der Waals surface area contributed by atoms with Crippen molar-refractivity contribution < 1.29 is 18.1 Å². The number of quaternary nitrogens is 1. The van der Waals surface area contributed by atoms with Crippen LogP contribution in [-0.2, 0) is 14.8 Å².